The summed E-state index contributed by atoms with van der Waals surface area (Å²) in [5.41, 5.74) is -0.0156. The molecular formula is C27H42F2N4O5. The van der Waals surface area contributed by atoms with Gasteiger partial charge >= 0.3 is 12.1 Å². The second-order valence-corrected chi connectivity index (χ2v) is 10.3. The number of carbonyl (C=O) groups is 2. The molecule has 9 nitrogen and oxygen atoms in total. The number of halogens is 2. The average molecular weight is 541 g/mol. The lowest BCUT2D eigenvalue weighted by Gasteiger charge is -2.38. The minimum absolute atomic E-state index is 0.00813. The summed E-state index contributed by atoms with van der Waals surface area (Å²) in [4.78, 5) is 26.4. The van der Waals surface area contributed by atoms with E-state index in [1.165, 1.54) is 39.2 Å². The molecule has 1 aliphatic carbocycles. The molecule has 0 radical (unpaired) electrons. The van der Waals surface area contributed by atoms with E-state index < -0.39 is 29.6 Å². The van der Waals surface area contributed by atoms with Crippen molar-refractivity contribution in [3.63, 3.8) is 0 Å². The van der Waals surface area contributed by atoms with Gasteiger partial charge in [-0.3, -0.25) is 0 Å². The second-order valence-electron chi connectivity index (χ2n) is 10.3. The number of nitrogens with one attached hydrogen (secondary N) is 3. The lowest BCUT2D eigenvalue weighted by molar-refractivity contribution is -0.0103. The second kappa shape index (κ2) is 15.1. The van der Waals surface area contributed by atoms with E-state index in [4.69, 9.17) is 4.74 Å². The Morgan fingerprint density at radius 2 is 1.92 bits per heavy atom. The summed E-state index contributed by atoms with van der Waals surface area (Å²) in [5.74, 6) is -2.30. The van der Waals surface area contributed by atoms with Crippen LogP contribution in [0.4, 0.5) is 18.4 Å². The van der Waals surface area contributed by atoms with Gasteiger partial charge in [0.15, 0.2) is 11.6 Å². The number of phenols is 1. The van der Waals surface area contributed by atoms with Crippen molar-refractivity contribution in [1.29, 1.82) is 0 Å². The fraction of sp³-hybridized carbons (Fsp3) is 0.704. The summed E-state index contributed by atoms with van der Waals surface area (Å²) in [6.45, 7) is 1.65. The number of piperidine rings is 1. The smallest absolute Gasteiger partial charge is 0.406 e. The standard InChI is InChI=1S/C27H42F2N4O5/c1-30-16-21(13-18-7-4-3-5-8-18)32-26(35)33-11-6-9-19(17-33)25(38-12-10-31-27(36)37-2)22-14-20(28)15-23(29)24(22)34/h14-15,18-19,21,25,30,34H,3-13,16-17H2,1-2H3,(H,31,36)(H,32,35)/t19-,21+,25?/m1/s1. The van der Waals surface area contributed by atoms with E-state index in [1.807, 2.05) is 7.05 Å². The number of hydrogen-bond acceptors (Lipinski definition) is 6. The van der Waals surface area contributed by atoms with Gasteiger partial charge in [-0.25, -0.2) is 18.4 Å². The molecule has 1 aliphatic heterocycles. The van der Waals surface area contributed by atoms with E-state index in [-0.39, 0.29) is 36.7 Å². The van der Waals surface area contributed by atoms with Crippen LogP contribution in [0.25, 0.3) is 0 Å². The quantitative estimate of drug-likeness (QED) is 0.315. The third-order valence-corrected chi connectivity index (χ3v) is 7.51. The molecular weight excluding hydrogens is 498 g/mol. The molecule has 1 aromatic carbocycles. The van der Waals surface area contributed by atoms with Crippen LogP contribution < -0.4 is 16.0 Å². The number of benzene rings is 1. The Morgan fingerprint density at radius 1 is 1.16 bits per heavy atom. The SMILES string of the molecule is CNC[C@H](CC1CCCCC1)NC(=O)N1CCC[C@@H](C(OCCNC(=O)OC)c2cc(F)cc(F)c2O)C1. The number of hydrogen-bond donors (Lipinski definition) is 4. The van der Waals surface area contributed by atoms with Crippen molar-refractivity contribution in [2.75, 3.05) is 46.9 Å². The monoisotopic (exact) mass is 540 g/mol. The Bertz CT molecular complexity index is 916. The van der Waals surface area contributed by atoms with Gasteiger partial charge in [0.25, 0.3) is 0 Å². The first kappa shape index (κ1) is 29.9. The van der Waals surface area contributed by atoms with Crippen LogP contribution in [0.2, 0.25) is 0 Å². The summed E-state index contributed by atoms with van der Waals surface area (Å²) >= 11 is 0. The first-order valence-electron chi connectivity index (χ1n) is 13.6. The highest BCUT2D eigenvalue weighted by Crippen LogP contribution is 2.38. The lowest BCUT2D eigenvalue weighted by Crippen LogP contribution is -2.52. The topological polar surface area (TPSA) is 112 Å². The molecule has 1 heterocycles. The number of phenolic OH excluding ortho intramolecular Hbond substituents is 1. The van der Waals surface area contributed by atoms with Crippen LogP contribution in [0, 0.1) is 23.5 Å². The van der Waals surface area contributed by atoms with Gasteiger partial charge in [0.1, 0.15) is 5.82 Å². The maximum Gasteiger partial charge on any atom is 0.406 e. The Labute approximate surface area is 223 Å². The Kier molecular flexibility index (Phi) is 11.8. The predicted molar refractivity (Wildman–Crippen MR) is 139 cm³/mol. The molecule has 0 aromatic heterocycles. The zero-order chi connectivity index (χ0) is 27.5. The van der Waals surface area contributed by atoms with E-state index in [0.29, 0.717) is 44.5 Å². The summed E-state index contributed by atoms with van der Waals surface area (Å²) in [5, 5.41) is 19.3. The summed E-state index contributed by atoms with van der Waals surface area (Å²) < 4.78 is 38.9. The molecule has 11 heteroatoms. The average Bonchev–Trinajstić information content (AvgIpc) is 2.91. The highest BCUT2D eigenvalue weighted by molar-refractivity contribution is 5.74. The Hall–Kier alpha value is -2.66. The molecule has 3 rings (SSSR count). The van der Waals surface area contributed by atoms with Crippen LogP contribution in [0.5, 0.6) is 5.75 Å². The zero-order valence-corrected chi connectivity index (χ0v) is 22.4. The molecule has 214 valence electrons. The number of amides is 3. The molecule has 3 atom stereocenters. The molecule has 3 amide bonds. The number of nitrogens with zero attached hydrogens (tertiary/aromatic N) is 1. The molecule has 1 saturated heterocycles. The molecule has 1 saturated carbocycles. The first-order valence-corrected chi connectivity index (χ1v) is 13.6. The van der Waals surface area contributed by atoms with Gasteiger partial charge in [-0.2, -0.15) is 0 Å². The maximum atomic E-state index is 14.2. The van der Waals surface area contributed by atoms with Crippen molar-refractivity contribution < 1.29 is 33.0 Å². The predicted octanol–water partition coefficient (Wildman–Crippen LogP) is 4.06. The van der Waals surface area contributed by atoms with Gasteiger partial charge in [-0.1, -0.05) is 32.1 Å². The van der Waals surface area contributed by atoms with Crippen molar-refractivity contribution in [2.24, 2.45) is 11.8 Å². The highest BCUT2D eigenvalue weighted by atomic mass is 19.1. The minimum Gasteiger partial charge on any atom is -0.505 e. The number of likely N-dealkylation sites (tertiary alicyclic amines) is 1. The molecule has 0 spiro atoms. The van der Waals surface area contributed by atoms with Crippen molar-refractivity contribution in [3.05, 3.63) is 29.3 Å². The van der Waals surface area contributed by atoms with Gasteiger partial charge in [0.2, 0.25) is 0 Å². The molecule has 1 aromatic rings. The number of alkyl carbamates (subject to hydrolysis) is 1. The summed E-state index contributed by atoms with van der Waals surface area (Å²) in [6, 6.07) is 1.51. The number of urea groups is 1. The lowest BCUT2D eigenvalue weighted by atomic mass is 9.85. The van der Waals surface area contributed by atoms with Crippen LogP contribution >= 0.6 is 0 Å². The maximum absolute atomic E-state index is 14.2. The van der Waals surface area contributed by atoms with Crippen LogP contribution in [-0.2, 0) is 9.47 Å². The number of likely N-dealkylation sites (N-methyl/N-ethyl adjacent to an activating group) is 1. The molecule has 38 heavy (non-hydrogen) atoms. The Balaban J connectivity index is 1.69. The van der Waals surface area contributed by atoms with E-state index >= 15 is 0 Å². The third-order valence-electron chi connectivity index (χ3n) is 7.51. The molecule has 1 unspecified atom stereocenters. The van der Waals surface area contributed by atoms with Gasteiger partial charge in [-0.15, -0.1) is 0 Å². The fourth-order valence-electron chi connectivity index (χ4n) is 5.67. The van der Waals surface area contributed by atoms with Crippen LogP contribution in [0.15, 0.2) is 12.1 Å². The van der Waals surface area contributed by atoms with Crippen molar-refractivity contribution in [1.82, 2.24) is 20.9 Å². The number of ether oxygens (including phenoxy) is 2. The van der Waals surface area contributed by atoms with Crippen LogP contribution in [-0.4, -0.2) is 75.1 Å². The van der Waals surface area contributed by atoms with Crippen LogP contribution in [0.1, 0.15) is 63.0 Å². The minimum atomic E-state index is -1.08. The number of methoxy groups -OCH3 is 1. The van der Waals surface area contributed by atoms with Crippen LogP contribution in [0.3, 0.4) is 0 Å². The largest absolute Gasteiger partial charge is 0.505 e. The number of aromatic hydroxyl groups is 1. The molecule has 2 fully saturated rings. The van der Waals surface area contributed by atoms with Crippen molar-refractivity contribution in [2.45, 2.75) is 63.5 Å². The number of carbonyl (C=O) groups excluding carboxylic acids is 2. The first-order chi connectivity index (χ1) is 18.3. The molecule has 2 aliphatic rings. The number of rotatable bonds is 11. The van der Waals surface area contributed by atoms with Gasteiger partial charge in [-0.05, 0) is 38.3 Å². The van der Waals surface area contributed by atoms with Crippen molar-refractivity contribution in [3.8, 4) is 5.75 Å². The fourth-order valence-corrected chi connectivity index (χ4v) is 5.67. The van der Waals surface area contributed by atoms with E-state index in [9.17, 15) is 23.5 Å². The molecule has 4 N–H and O–H groups in total. The van der Waals surface area contributed by atoms with Gasteiger partial charge < -0.3 is 35.4 Å². The normalized spacial score (nSPS) is 20.0. The van der Waals surface area contributed by atoms with E-state index in [1.54, 1.807) is 4.90 Å². The van der Waals surface area contributed by atoms with E-state index in [2.05, 4.69) is 20.7 Å². The molecule has 0 bridgehead atoms. The van der Waals surface area contributed by atoms with Gasteiger partial charge in [0, 0.05) is 49.8 Å². The van der Waals surface area contributed by atoms with E-state index in [0.717, 1.165) is 12.5 Å². The summed E-state index contributed by atoms with van der Waals surface area (Å²) in [6.07, 6.45) is 6.87. The highest BCUT2D eigenvalue weighted by Gasteiger charge is 2.34. The Morgan fingerprint density at radius 3 is 2.63 bits per heavy atom. The summed E-state index contributed by atoms with van der Waals surface area (Å²) in [7, 11) is 3.11. The van der Waals surface area contributed by atoms with Gasteiger partial charge in [0.05, 0.1) is 19.8 Å². The zero-order valence-electron chi connectivity index (χ0n) is 22.4. The van der Waals surface area contributed by atoms with Crippen molar-refractivity contribution >= 4 is 12.1 Å². The third kappa shape index (κ3) is 8.69.